The smallest absolute Gasteiger partial charge is 0.338 e. The fourth-order valence-corrected chi connectivity index (χ4v) is 1.89. The van der Waals surface area contributed by atoms with Gasteiger partial charge in [0.2, 0.25) is 0 Å². The monoisotopic (exact) mass is 319 g/mol. The Morgan fingerprint density at radius 2 is 1.75 bits per heavy atom. The first-order valence-corrected chi connectivity index (χ1v) is 6.61. The zero-order valence-corrected chi connectivity index (χ0v) is 12.9. The van der Waals surface area contributed by atoms with Crippen LogP contribution in [0.3, 0.4) is 0 Å². The summed E-state index contributed by atoms with van der Waals surface area (Å²) in [4.78, 5) is 24.4. The number of likely N-dealkylation sites (N-methyl/N-ethyl adjacent to an activating group) is 1. The second kappa shape index (κ2) is 7.36. The lowest BCUT2D eigenvalue weighted by Gasteiger charge is -2.14. The van der Waals surface area contributed by atoms with Crippen LogP contribution in [0.15, 0.2) is 12.1 Å². The van der Waals surface area contributed by atoms with Crippen LogP contribution in [0, 0.1) is 0 Å². The fraction of sp³-hybridized carbons (Fsp3) is 0.385. The molecule has 0 aromatic heterocycles. The van der Waals surface area contributed by atoms with Crippen LogP contribution in [-0.2, 0) is 9.53 Å². The maximum absolute atomic E-state index is 11.6. The molecule has 0 unspecified atom stereocenters. The van der Waals surface area contributed by atoms with Crippen molar-refractivity contribution in [1.29, 1.82) is 0 Å². The van der Waals surface area contributed by atoms with Crippen LogP contribution < -0.4 is 4.74 Å². The second-order valence-corrected chi connectivity index (χ2v) is 4.88. The van der Waals surface area contributed by atoms with Crippen molar-refractivity contribution < 1.29 is 19.1 Å². The summed E-state index contributed by atoms with van der Waals surface area (Å²) in [6.45, 7) is 1.76. The minimum Gasteiger partial charge on any atom is -0.481 e. The van der Waals surface area contributed by atoms with E-state index in [2.05, 4.69) is 0 Å². The van der Waals surface area contributed by atoms with Gasteiger partial charge in [0.25, 0.3) is 5.91 Å². The van der Waals surface area contributed by atoms with Gasteiger partial charge >= 0.3 is 5.97 Å². The van der Waals surface area contributed by atoms with E-state index in [1.807, 2.05) is 0 Å². The number of nitrogens with zero attached hydrogens (tertiary/aromatic N) is 1. The van der Waals surface area contributed by atoms with Gasteiger partial charge in [0.15, 0.2) is 12.4 Å². The highest BCUT2D eigenvalue weighted by atomic mass is 35.5. The summed E-state index contributed by atoms with van der Waals surface area (Å²) in [5.74, 6) is -0.588. The largest absolute Gasteiger partial charge is 0.481 e. The molecule has 1 amide bonds. The molecule has 0 fully saturated rings. The number of amides is 1. The average Bonchev–Trinajstić information content (AvgIpc) is 2.37. The van der Waals surface area contributed by atoms with Gasteiger partial charge in [-0.1, -0.05) is 23.2 Å². The molecule has 1 aromatic carbocycles. The molecular weight excluding hydrogens is 305 g/mol. The zero-order chi connectivity index (χ0) is 15.3. The van der Waals surface area contributed by atoms with Crippen molar-refractivity contribution in [3.05, 3.63) is 27.7 Å². The summed E-state index contributed by atoms with van der Waals surface area (Å²) >= 11 is 12.0. The molecular formula is C13H15Cl2NO4. The van der Waals surface area contributed by atoms with E-state index in [0.717, 1.165) is 0 Å². The second-order valence-electron chi connectivity index (χ2n) is 4.07. The molecule has 0 saturated carbocycles. The van der Waals surface area contributed by atoms with Gasteiger partial charge in [0, 0.05) is 14.1 Å². The number of hydrogen-bond donors (Lipinski definition) is 0. The minimum atomic E-state index is -0.521. The van der Waals surface area contributed by atoms with Crippen molar-refractivity contribution in [2.45, 2.75) is 6.92 Å². The minimum absolute atomic E-state index is 0.145. The van der Waals surface area contributed by atoms with E-state index in [4.69, 9.17) is 32.7 Å². The molecule has 20 heavy (non-hydrogen) atoms. The number of rotatable bonds is 5. The van der Waals surface area contributed by atoms with Crippen LogP contribution in [0.5, 0.6) is 5.75 Å². The summed E-state index contributed by atoms with van der Waals surface area (Å²) in [7, 11) is 3.22. The van der Waals surface area contributed by atoms with Crippen LogP contribution in [0.2, 0.25) is 10.0 Å². The number of carbonyl (C=O) groups excluding carboxylic acids is 2. The van der Waals surface area contributed by atoms with Gasteiger partial charge in [-0.3, -0.25) is 4.79 Å². The molecule has 0 aliphatic heterocycles. The first-order valence-electron chi connectivity index (χ1n) is 5.86. The molecule has 0 saturated heterocycles. The Hall–Kier alpha value is -1.46. The number of hydrogen-bond acceptors (Lipinski definition) is 4. The van der Waals surface area contributed by atoms with E-state index < -0.39 is 5.97 Å². The lowest BCUT2D eigenvalue weighted by Crippen LogP contribution is -2.27. The first-order chi connectivity index (χ1) is 9.36. The molecule has 0 N–H and O–H groups in total. The van der Waals surface area contributed by atoms with Crippen molar-refractivity contribution in [3.8, 4) is 5.75 Å². The highest BCUT2D eigenvalue weighted by Gasteiger charge is 2.16. The Bertz CT molecular complexity index is 494. The summed E-state index contributed by atoms with van der Waals surface area (Å²) in [5.41, 5.74) is 0.230. The summed E-state index contributed by atoms with van der Waals surface area (Å²) in [5, 5.41) is 0.291. The highest BCUT2D eigenvalue weighted by Crippen LogP contribution is 2.34. The van der Waals surface area contributed by atoms with E-state index in [9.17, 15) is 9.59 Å². The van der Waals surface area contributed by atoms with Crippen molar-refractivity contribution in [2.24, 2.45) is 0 Å². The van der Waals surface area contributed by atoms with Crippen molar-refractivity contribution in [2.75, 3.05) is 27.3 Å². The number of carbonyl (C=O) groups is 2. The predicted octanol–water partition coefficient (Wildman–Crippen LogP) is 2.64. The molecule has 7 heteroatoms. The maximum Gasteiger partial charge on any atom is 0.338 e. The number of esters is 1. The SMILES string of the molecule is CCOC(=O)c1cc(Cl)c(OCC(=O)N(C)C)c(Cl)c1. The number of benzene rings is 1. The van der Waals surface area contributed by atoms with Crippen molar-refractivity contribution in [3.63, 3.8) is 0 Å². The predicted molar refractivity (Wildman–Crippen MR) is 76.6 cm³/mol. The normalized spacial score (nSPS) is 10.1. The van der Waals surface area contributed by atoms with E-state index in [1.54, 1.807) is 21.0 Å². The number of ether oxygens (including phenoxy) is 2. The molecule has 1 aromatic rings. The van der Waals surface area contributed by atoms with Gasteiger partial charge in [-0.15, -0.1) is 0 Å². The molecule has 0 radical (unpaired) electrons. The molecule has 0 bridgehead atoms. The van der Waals surface area contributed by atoms with Gasteiger partial charge in [-0.25, -0.2) is 4.79 Å². The lowest BCUT2D eigenvalue weighted by atomic mass is 10.2. The topological polar surface area (TPSA) is 55.8 Å². The Labute approximate surface area is 127 Å². The maximum atomic E-state index is 11.6. The summed E-state index contributed by atoms with van der Waals surface area (Å²) < 4.78 is 10.1. The van der Waals surface area contributed by atoms with Crippen LogP contribution >= 0.6 is 23.2 Å². The third-order valence-corrected chi connectivity index (χ3v) is 2.91. The van der Waals surface area contributed by atoms with Gasteiger partial charge in [0.1, 0.15) is 0 Å². The molecule has 0 aliphatic carbocycles. The van der Waals surface area contributed by atoms with Crippen LogP contribution in [0.4, 0.5) is 0 Å². The van der Waals surface area contributed by atoms with Crippen molar-refractivity contribution in [1.82, 2.24) is 4.90 Å². The lowest BCUT2D eigenvalue weighted by molar-refractivity contribution is -0.130. The standard InChI is InChI=1S/C13H15Cl2NO4/c1-4-19-13(18)8-5-9(14)12(10(15)6-8)20-7-11(17)16(2)3/h5-6H,4,7H2,1-3H3. The third-order valence-electron chi connectivity index (χ3n) is 2.35. The molecule has 110 valence electrons. The highest BCUT2D eigenvalue weighted by molar-refractivity contribution is 6.37. The Kier molecular flexibility index (Phi) is 6.10. The van der Waals surface area contributed by atoms with Crippen molar-refractivity contribution >= 4 is 35.1 Å². The zero-order valence-electron chi connectivity index (χ0n) is 11.4. The van der Waals surface area contributed by atoms with Crippen LogP contribution in [0.1, 0.15) is 17.3 Å². The molecule has 5 nitrogen and oxygen atoms in total. The van der Waals surface area contributed by atoms with Crippen LogP contribution in [0.25, 0.3) is 0 Å². The van der Waals surface area contributed by atoms with Gasteiger partial charge in [-0.2, -0.15) is 0 Å². The van der Waals surface area contributed by atoms with Crippen LogP contribution in [-0.4, -0.2) is 44.1 Å². The fourth-order valence-electron chi connectivity index (χ4n) is 1.29. The van der Waals surface area contributed by atoms with Gasteiger partial charge in [0.05, 0.1) is 22.2 Å². The molecule has 0 spiro atoms. The van der Waals surface area contributed by atoms with E-state index >= 15 is 0 Å². The van der Waals surface area contributed by atoms with Gasteiger partial charge in [-0.05, 0) is 19.1 Å². The Balaban J connectivity index is 2.89. The third kappa shape index (κ3) is 4.28. The first kappa shape index (κ1) is 16.6. The Morgan fingerprint density at radius 1 is 1.20 bits per heavy atom. The molecule has 0 aliphatic rings. The molecule has 1 rings (SSSR count). The molecule has 0 heterocycles. The Morgan fingerprint density at radius 3 is 2.20 bits per heavy atom. The molecule has 0 atom stereocenters. The summed E-state index contributed by atoms with van der Waals surface area (Å²) in [6, 6.07) is 2.78. The van der Waals surface area contributed by atoms with E-state index in [0.29, 0.717) is 0 Å². The summed E-state index contributed by atoms with van der Waals surface area (Å²) in [6.07, 6.45) is 0. The average molecular weight is 320 g/mol. The number of halogens is 2. The van der Waals surface area contributed by atoms with E-state index in [-0.39, 0.29) is 40.5 Å². The quantitative estimate of drug-likeness (QED) is 0.783. The van der Waals surface area contributed by atoms with E-state index in [1.165, 1.54) is 17.0 Å². The van der Waals surface area contributed by atoms with Gasteiger partial charge < -0.3 is 14.4 Å².